The highest BCUT2D eigenvalue weighted by atomic mass is 16.6. The number of aryl methyl sites for hydroxylation is 1. The molecule has 0 aliphatic rings. The average molecular weight is 290 g/mol. The first-order chi connectivity index (χ1) is 9.95. The zero-order chi connectivity index (χ0) is 15.6. The minimum Gasteiger partial charge on any atom is -0.382 e. The third-order valence-corrected chi connectivity index (χ3v) is 3.12. The Morgan fingerprint density at radius 1 is 1.38 bits per heavy atom. The number of aromatic nitrogens is 1. The SMILES string of the molecule is CNc1c(C(=O)Nc2onc(C)c2C)cccc1[N+](=O)[O-]. The van der Waals surface area contributed by atoms with Crippen LogP contribution in [0.2, 0.25) is 0 Å². The summed E-state index contributed by atoms with van der Waals surface area (Å²) in [5.41, 5.74) is 1.50. The molecular weight excluding hydrogens is 276 g/mol. The Morgan fingerprint density at radius 3 is 2.62 bits per heavy atom. The summed E-state index contributed by atoms with van der Waals surface area (Å²) >= 11 is 0. The van der Waals surface area contributed by atoms with E-state index in [0.29, 0.717) is 11.3 Å². The maximum Gasteiger partial charge on any atom is 0.293 e. The number of carbonyl (C=O) groups excluding carboxylic acids is 1. The third kappa shape index (κ3) is 2.69. The standard InChI is InChI=1S/C13H14N4O4/c1-7-8(2)16-21-13(7)15-12(18)9-5-4-6-10(17(19)20)11(9)14-3/h4-6,14H,1-3H3,(H,15,18). The molecule has 2 aromatic rings. The van der Waals surface area contributed by atoms with E-state index in [1.807, 2.05) is 0 Å². The Hall–Kier alpha value is -2.90. The molecule has 1 heterocycles. The molecule has 0 radical (unpaired) electrons. The zero-order valence-corrected chi connectivity index (χ0v) is 11.8. The van der Waals surface area contributed by atoms with Crippen molar-refractivity contribution in [1.29, 1.82) is 0 Å². The van der Waals surface area contributed by atoms with Gasteiger partial charge in [-0.3, -0.25) is 20.2 Å². The number of hydrogen-bond donors (Lipinski definition) is 2. The first kappa shape index (κ1) is 14.5. The molecule has 0 bridgehead atoms. The lowest BCUT2D eigenvalue weighted by atomic mass is 10.1. The summed E-state index contributed by atoms with van der Waals surface area (Å²) in [5, 5.41) is 20.0. The first-order valence-corrected chi connectivity index (χ1v) is 6.15. The van der Waals surface area contributed by atoms with Crippen LogP contribution in [0, 0.1) is 24.0 Å². The molecule has 1 aromatic carbocycles. The van der Waals surface area contributed by atoms with Gasteiger partial charge in [-0.25, -0.2) is 0 Å². The van der Waals surface area contributed by atoms with Gasteiger partial charge in [0.05, 0.1) is 16.2 Å². The van der Waals surface area contributed by atoms with Crippen LogP contribution in [0.5, 0.6) is 0 Å². The van der Waals surface area contributed by atoms with Crippen LogP contribution in [0.25, 0.3) is 0 Å². The fourth-order valence-corrected chi connectivity index (χ4v) is 1.85. The van der Waals surface area contributed by atoms with Crippen molar-refractivity contribution in [1.82, 2.24) is 5.16 Å². The molecule has 0 saturated carbocycles. The van der Waals surface area contributed by atoms with E-state index in [1.54, 1.807) is 13.8 Å². The highest BCUT2D eigenvalue weighted by molar-refractivity contribution is 6.09. The van der Waals surface area contributed by atoms with Gasteiger partial charge >= 0.3 is 0 Å². The monoisotopic (exact) mass is 290 g/mol. The van der Waals surface area contributed by atoms with Crippen LogP contribution in [-0.4, -0.2) is 23.0 Å². The summed E-state index contributed by atoms with van der Waals surface area (Å²) in [5.74, 6) is -0.284. The second kappa shape index (κ2) is 5.61. The maximum absolute atomic E-state index is 12.3. The van der Waals surface area contributed by atoms with Gasteiger partial charge in [-0.2, -0.15) is 0 Å². The predicted molar refractivity (Wildman–Crippen MR) is 76.6 cm³/mol. The minimum absolute atomic E-state index is 0.147. The molecule has 0 spiro atoms. The Bertz CT molecular complexity index is 708. The average Bonchev–Trinajstić information content (AvgIpc) is 2.78. The van der Waals surface area contributed by atoms with Gasteiger partial charge in [0.25, 0.3) is 11.6 Å². The molecule has 0 aliphatic heterocycles. The van der Waals surface area contributed by atoms with Crippen molar-refractivity contribution >= 4 is 23.2 Å². The molecule has 1 aromatic heterocycles. The normalized spacial score (nSPS) is 10.2. The van der Waals surface area contributed by atoms with E-state index in [9.17, 15) is 14.9 Å². The van der Waals surface area contributed by atoms with E-state index < -0.39 is 10.8 Å². The number of amides is 1. The molecule has 0 saturated heterocycles. The molecule has 21 heavy (non-hydrogen) atoms. The lowest BCUT2D eigenvalue weighted by Gasteiger charge is -2.09. The Labute approximate surface area is 120 Å². The number of rotatable bonds is 4. The summed E-state index contributed by atoms with van der Waals surface area (Å²) in [6.07, 6.45) is 0. The Kier molecular flexibility index (Phi) is 3.88. The van der Waals surface area contributed by atoms with Gasteiger partial charge in [-0.1, -0.05) is 11.2 Å². The van der Waals surface area contributed by atoms with Crippen LogP contribution >= 0.6 is 0 Å². The molecule has 0 unspecified atom stereocenters. The third-order valence-electron chi connectivity index (χ3n) is 3.12. The second-order valence-electron chi connectivity index (χ2n) is 4.38. The van der Waals surface area contributed by atoms with E-state index in [4.69, 9.17) is 4.52 Å². The van der Waals surface area contributed by atoms with Crippen molar-refractivity contribution in [2.75, 3.05) is 17.7 Å². The van der Waals surface area contributed by atoms with Crippen molar-refractivity contribution < 1.29 is 14.2 Å². The van der Waals surface area contributed by atoms with E-state index >= 15 is 0 Å². The van der Waals surface area contributed by atoms with Gasteiger partial charge in [-0.05, 0) is 19.9 Å². The molecule has 110 valence electrons. The summed E-state index contributed by atoms with van der Waals surface area (Å²) < 4.78 is 5.00. The molecular formula is C13H14N4O4. The number of hydrogen-bond acceptors (Lipinski definition) is 6. The number of anilines is 2. The predicted octanol–water partition coefficient (Wildman–Crippen LogP) is 2.49. The minimum atomic E-state index is -0.549. The van der Waals surface area contributed by atoms with E-state index in [1.165, 1.54) is 25.2 Å². The Morgan fingerprint density at radius 2 is 2.10 bits per heavy atom. The number of nitro groups is 1. The van der Waals surface area contributed by atoms with E-state index in [2.05, 4.69) is 15.8 Å². The Balaban J connectivity index is 2.37. The lowest BCUT2D eigenvalue weighted by molar-refractivity contribution is -0.384. The number of benzene rings is 1. The summed E-state index contributed by atoms with van der Waals surface area (Å²) in [4.78, 5) is 22.7. The van der Waals surface area contributed by atoms with Crippen LogP contribution in [0.3, 0.4) is 0 Å². The van der Waals surface area contributed by atoms with Gasteiger partial charge in [0.2, 0.25) is 5.88 Å². The van der Waals surface area contributed by atoms with Crippen LogP contribution in [-0.2, 0) is 0 Å². The fourth-order valence-electron chi connectivity index (χ4n) is 1.85. The van der Waals surface area contributed by atoms with Crippen molar-refractivity contribution in [2.24, 2.45) is 0 Å². The maximum atomic E-state index is 12.3. The molecule has 8 heteroatoms. The van der Waals surface area contributed by atoms with Crippen molar-refractivity contribution in [3.8, 4) is 0 Å². The van der Waals surface area contributed by atoms with Crippen LogP contribution in [0.4, 0.5) is 17.3 Å². The number of nitrogens with zero attached hydrogens (tertiary/aromatic N) is 2. The quantitative estimate of drug-likeness (QED) is 0.661. The number of para-hydroxylation sites is 1. The first-order valence-electron chi connectivity index (χ1n) is 6.15. The molecule has 2 N–H and O–H groups in total. The number of nitrogens with one attached hydrogen (secondary N) is 2. The van der Waals surface area contributed by atoms with Gasteiger partial charge in [0.1, 0.15) is 5.69 Å². The fraction of sp³-hybridized carbons (Fsp3) is 0.231. The smallest absolute Gasteiger partial charge is 0.293 e. The zero-order valence-electron chi connectivity index (χ0n) is 11.8. The highest BCUT2D eigenvalue weighted by Gasteiger charge is 2.22. The largest absolute Gasteiger partial charge is 0.382 e. The molecule has 0 atom stereocenters. The summed E-state index contributed by atoms with van der Waals surface area (Å²) in [6.45, 7) is 3.51. The highest BCUT2D eigenvalue weighted by Crippen LogP contribution is 2.29. The molecule has 2 rings (SSSR count). The number of nitro benzene ring substituents is 1. The topological polar surface area (TPSA) is 110 Å². The second-order valence-corrected chi connectivity index (χ2v) is 4.38. The molecule has 1 amide bonds. The van der Waals surface area contributed by atoms with Crippen LogP contribution in [0.1, 0.15) is 21.6 Å². The van der Waals surface area contributed by atoms with Gasteiger partial charge < -0.3 is 9.84 Å². The number of carbonyl (C=O) groups is 1. The summed E-state index contributed by atoms with van der Waals surface area (Å²) in [7, 11) is 1.52. The summed E-state index contributed by atoms with van der Waals surface area (Å²) in [6, 6.07) is 4.27. The lowest BCUT2D eigenvalue weighted by Crippen LogP contribution is -2.15. The van der Waals surface area contributed by atoms with E-state index in [0.717, 1.165) is 0 Å². The van der Waals surface area contributed by atoms with Crippen LogP contribution < -0.4 is 10.6 Å². The van der Waals surface area contributed by atoms with Crippen molar-refractivity contribution in [2.45, 2.75) is 13.8 Å². The van der Waals surface area contributed by atoms with Gasteiger partial charge in [-0.15, -0.1) is 0 Å². The molecule has 0 fully saturated rings. The van der Waals surface area contributed by atoms with Gasteiger partial charge in [0.15, 0.2) is 0 Å². The van der Waals surface area contributed by atoms with Crippen molar-refractivity contribution in [3.05, 3.63) is 45.1 Å². The van der Waals surface area contributed by atoms with E-state index in [-0.39, 0.29) is 22.8 Å². The van der Waals surface area contributed by atoms with Gasteiger partial charge in [0, 0.05) is 18.7 Å². The molecule has 8 nitrogen and oxygen atoms in total. The van der Waals surface area contributed by atoms with Crippen molar-refractivity contribution in [3.63, 3.8) is 0 Å². The molecule has 0 aliphatic carbocycles. The van der Waals surface area contributed by atoms with Crippen LogP contribution in [0.15, 0.2) is 22.7 Å².